The summed E-state index contributed by atoms with van der Waals surface area (Å²) in [6.07, 6.45) is 0. The van der Waals surface area contributed by atoms with E-state index in [9.17, 15) is 18.7 Å². The molecule has 4 rings (SSSR count). The van der Waals surface area contributed by atoms with Gasteiger partial charge in [-0.3, -0.25) is 0 Å². The number of carbonyl (C=O) groups is 1. The minimum Gasteiger partial charge on any atom is -0.477 e. The second-order valence-corrected chi connectivity index (χ2v) is 7.20. The van der Waals surface area contributed by atoms with E-state index in [1.54, 1.807) is 26.1 Å². The van der Waals surface area contributed by atoms with Crippen LogP contribution in [-0.2, 0) is 7.05 Å². The minimum absolute atomic E-state index is 0.0995. The first-order valence-electron chi connectivity index (χ1n) is 8.55. The van der Waals surface area contributed by atoms with E-state index in [1.807, 2.05) is 0 Å². The number of halogens is 2. The third-order valence-electron chi connectivity index (χ3n) is 4.10. The van der Waals surface area contributed by atoms with Gasteiger partial charge in [0.05, 0.1) is 18.3 Å². The Morgan fingerprint density at radius 1 is 1.20 bits per heavy atom. The van der Waals surface area contributed by atoms with Crippen molar-refractivity contribution in [3.8, 4) is 33.5 Å². The summed E-state index contributed by atoms with van der Waals surface area (Å²) in [5, 5.41) is 21.6. The van der Waals surface area contributed by atoms with Crippen molar-refractivity contribution in [3.05, 3.63) is 58.6 Å². The predicted octanol–water partition coefficient (Wildman–Crippen LogP) is 4.08. The number of aromatic nitrogens is 5. The molecule has 2 aromatic carbocycles. The Bertz CT molecular complexity index is 1250. The molecule has 8 nitrogen and oxygen atoms in total. The number of aryl methyl sites for hydroxylation is 2. The number of aromatic carboxylic acids is 1. The van der Waals surface area contributed by atoms with Crippen LogP contribution in [0.2, 0.25) is 0 Å². The fourth-order valence-corrected chi connectivity index (χ4v) is 3.63. The molecule has 0 atom stereocenters. The number of ether oxygens (including phenoxy) is 1. The van der Waals surface area contributed by atoms with Crippen molar-refractivity contribution in [2.75, 3.05) is 0 Å². The van der Waals surface area contributed by atoms with Crippen LogP contribution in [-0.4, -0.2) is 36.3 Å². The van der Waals surface area contributed by atoms with Crippen molar-refractivity contribution >= 4 is 17.3 Å². The Balaban J connectivity index is 1.83. The van der Waals surface area contributed by atoms with Crippen molar-refractivity contribution in [2.24, 2.45) is 7.05 Å². The molecule has 0 aliphatic heterocycles. The number of hydrogen-bond acceptors (Lipinski definition) is 7. The molecule has 11 heteroatoms. The predicted molar refractivity (Wildman–Crippen MR) is 103 cm³/mol. The van der Waals surface area contributed by atoms with Crippen molar-refractivity contribution in [1.29, 1.82) is 0 Å². The van der Waals surface area contributed by atoms with Crippen LogP contribution < -0.4 is 4.74 Å². The highest BCUT2D eigenvalue weighted by atomic mass is 32.1. The number of carboxylic acids is 1. The van der Waals surface area contributed by atoms with Gasteiger partial charge in [-0.05, 0) is 42.5 Å². The summed E-state index contributed by atoms with van der Waals surface area (Å²) in [5.74, 6) is -3.09. The van der Waals surface area contributed by atoms with E-state index >= 15 is 0 Å². The quantitative estimate of drug-likeness (QED) is 0.510. The van der Waals surface area contributed by atoms with Gasteiger partial charge in [-0.15, -0.1) is 21.5 Å². The molecule has 2 aromatic heterocycles. The highest BCUT2D eigenvalue weighted by molar-refractivity contribution is 7.17. The molecule has 0 bridgehead atoms. The van der Waals surface area contributed by atoms with Crippen LogP contribution in [0, 0.1) is 18.6 Å². The third kappa shape index (κ3) is 3.62. The van der Waals surface area contributed by atoms with Crippen LogP contribution in [0.15, 0.2) is 36.4 Å². The summed E-state index contributed by atoms with van der Waals surface area (Å²) in [6, 6.07) is 8.10. The normalized spacial score (nSPS) is 10.9. The Kier molecular flexibility index (Phi) is 4.96. The van der Waals surface area contributed by atoms with Crippen LogP contribution >= 0.6 is 11.3 Å². The maximum Gasteiger partial charge on any atom is 0.347 e. The number of thiazole rings is 1. The van der Waals surface area contributed by atoms with E-state index < -0.39 is 23.4 Å². The number of rotatable bonds is 5. The molecule has 0 saturated carbocycles. The first-order chi connectivity index (χ1) is 14.3. The molecule has 0 aliphatic rings. The van der Waals surface area contributed by atoms with E-state index in [2.05, 4.69) is 20.4 Å². The fourth-order valence-electron chi connectivity index (χ4n) is 2.73. The molecule has 0 saturated heterocycles. The van der Waals surface area contributed by atoms with Crippen LogP contribution in [0.3, 0.4) is 0 Å². The standard InChI is InChI=1S/C19H13F2N5O3S/c1-9-16(19(27)28)30-18(22-9)10-6-7-14(11(8-10)17-23-25-26(2)24-17)29-15-12(20)4-3-5-13(15)21/h3-8H,1-2H3,(H,27,28). The van der Waals surface area contributed by atoms with Gasteiger partial charge in [0, 0.05) is 5.56 Å². The summed E-state index contributed by atoms with van der Waals surface area (Å²) >= 11 is 1.01. The number of tetrazole rings is 1. The second-order valence-electron chi connectivity index (χ2n) is 6.20. The van der Waals surface area contributed by atoms with Crippen LogP contribution in [0.5, 0.6) is 11.5 Å². The lowest BCUT2D eigenvalue weighted by Gasteiger charge is -2.11. The van der Waals surface area contributed by atoms with Crippen molar-refractivity contribution in [1.82, 2.24) is 25.2 Å². The Morgan fingerprint density at radius 2 is 1.93 bits per heavy atom. The van der Waals surface area contributed by atoms with Crippen LogP contribution in [0.1, 0.15) is 15.4 Å². The Labute approximate surface area is 172 Å². The summed E-state index contributed by atoms with van der Waals surface area (Å²) in [6.45, 7) is 1.60. The van der Waals surface area contributed by atoms with Crippen LogP contribution in [0.25, 0.3) is 22.0 Å². The maximum absolute atomic E-state index is 14.1. The Morgan fingerprint density at radius 3 is 2.53 bits per heavy atom. The SMILES string of the molecule is Cc1nc(-c2ccc(Oc3c(F)cccc3F)c(-c3nnn(C)n3)c2)sc1C(=O)O. The molecule has 0 unspecified atom stereocenters. The Hall–Kier alpha value is -3.73. The number of nitrogens with zero attached hydrogens (tertiary/aromatic N) is 5. The molecule has 0 fully saturated rings. The molecular formula is C19H13F2N5O3S. The highest BCUT2D eigenvalue weighted by Crippen LogP contribution is 2.38. The van der Waals surface area contributed by atoms with E-state index in [4.69, 9.17) is 4.74 Å². The fraction of sp³-hybridized carbons (Fsp3) is 0.105. The maximum atomic E-state index is 14.1. The molecule has 0 spiro atoms. The topological polar surface area (TPSA) is 103 Å². The summed E-state index contributed by atoms with van der Waals surface area (Å²) in [5.41, 5.74) is 1.27. The molecule has 152 valence electrons. The lowest BCUT2D eigenvalue weighted by atomic mass is 10.1. The second kappa shape index (κ2) is 7.59. The van der Waals surface area contributed by atoms with E-state index in [0.717, 1.165) is 23.5 Å². The molecule has 1 N–H and O–H groups in total. The van der Waals surface area contributed by atoms with Crippen molar-refractivity contribution in [3.63, 3.8) is 0 Å². The largest absolute Gasteiger partial charge is 0.477 e. The number of hydrogen-bond donors (Lipinski definition) is 1. The first kappa shape index (κ1) is 19.6. The average Bonchev–Trinajstić information content (AvgIpc) is 3.31. The van der Waals surface area contributed by atoms with Gasteiger partial charge < -0.3 is 9.84 Å². The molecule has 2 heterocycles. The van der Waals surface area contributed by atoms with Gasteiger partial charge in [0.2, 0.25) is 5.82 Å². The van der Waals surface area contributed by atoms with Gasteiger partial charge in [0.1, 0.15) is 15.6 Å². The number of carboxylic acid groups (broad SMARTS) is 1. The average molecular weight is 429 g/mol. The van der Waals surface area contributed by atoms with Crippen LogP contribution in [0.4, 0.5) is 8.78 Å². The van der Waals surface area contributed by atoms with Gasteiger partial charge in [-0.2, -0.15) is 4.80 Å². The minimum atomic E-state index is -1.07. The number of para-hydroxylation sites is 1. The molecule has 0 aliphatic carbocycles. The molecular weight excluding hydrogens is 416 g/mol. The summed E-state index contributed by atoms with van der Waals surface area (Å²) < 4.78 is 33.6. The molecule has 0 radical (unpaired) electrons. The van der Waals surface area contributed by atoms with E-state index in [-0.39, 0.29) is 16.5 Å². The van der Waals surface area contributed by atoms with Gasteiger partial charge in [0.25, 0.3) is 0 Å². The van der Waals surface area contributed by atoms with Crippen molar-refractivity contribution in [2.45, 2.75) is 6.92 Å². The molecule has 30 heavy (non-hydrogen) atoms. The zero-order chi connectivity index (χ0) is 21.4. The smallest absolute Gasteiger partial charge is 0.347 e. The van der Waals surface area contributed by atoms with Crippen molar-refractivity contribution < 1.29 is 23.4 Å². The summed E-state index contributed by atoms with van der Waals surface area (Å²) in [4.78, 5) is 17.0. The van der Waals surface area contributed by atoms with Gasteiger partial charge >= 0.3 is 5.97 Å². The van der Waals surface area contributed by atoms with Gasteiger partial charge in [0.15, 0.2) is 17.4 Å². The van der Waals surface area contributed by atoms with E-state index in [1.165, 1.54) is 16.9 Å². The highest BCUT2D eigenvalue weighted by Gasteiger charge is 2.20. The number of benzene rings is 2. The third-order valence-corrected chi connectivity index (χ3v) is 5.29. The van der Waals surface area contributed by atoms with Gasteiger partial charge in [-0.25, -0.2) is 18.6 Å². The molecule has 0 amide bonds. The lowest BCUT2D eigenvalue weighted by Crippen LogP contribution is -1.96. The lowest BCUT2D eigenvalue weighted by molar-refractivity contribution is 0.0701. The zero-order valence-electron chi connectivity index (χ0n) is 15.6. The van der Waals surface area contributed by atoms with E-state index in [0.29, 0.717) is 21.8 Å². The zero-order valence-corrected chi connectivity index (χ0v) is 16.4. The monoisotopic (exact) mass is 429 g/mol. The summed E-state index contributed by atoms with van der Waals surface area (Å²) in [7, 11) is 1.57. The molecule has 4 aromatic rings. The van der Waals surface area contributed by atoms with Gasteiger partial charge in [-0.1, -0.05) is 6.07 Å². The first-order valence-corrected chi connectivity index (χ1v) is 9.36.